The van der Waals surface area contributed by atoms with Crippen LogP contribution in [0.15, 0.2) is 23.1 Å². The highest BCUT2D eigenvalue weighted by Gasteiger charge is 2.27. The molecular weight excluding hydrogens is 286 g/mol. The Hall–Kier alpha value is -2.57. The molecule has 0 radical (unpaired) electrons. The van der Waals surface area contributed by atoms with E-state index in [1.54, 1.807) is 6.07 Å². The van der Waals surface area contributed by atoms with E-state index in [0.717, 1.165) is 0 Å². The van der Waals surface area contributed by atoms with Crippen molar-refractivity contribution in [2.45, 2.75) is 32.7 Å². The van der Waals surface area contributed by atoms with E-state index in [2.05, 4.69) is 10.3 Å². The molecule has 7 heteroatoms. The van der Waals surface area contributed by atoms with Crippen molar-refractivity contribution in [2.75, 3.05) is 12.4 Å². The molecule has 0 spiro atoms. The third-order valence-corrected chi connectivity index (χ3v) is 3.35. The lowest BCUT2D eigenvalue weighted by Gasteiger charge is -2.23. The van der Waals surface area contributed by atoms with Gasteiger partial charge in [-0.1, -0.05) is 6.92 Å². The Bertz CT molecular complexity index is 780. The lowest BCUT2D eigenvalue weighted by atomic mass is 10.1. The van der Waals surface area contributed by atoms with Crippen molar-refractivity contribution in [2.24, 2.45) is 0 Å². The topological polar surface area (TPSA) is 92.9 Å². The molecule has 0 bridgehead atoms. The minimum atomic E-state index is -1.18. The fraction of sp³-hybridized carbons (Fsp3) is 0.400. The molecule has 2 aromatic rings. The number of carbonyl (C=O) groups is 1. The molecule has 0 unspecified atom stereocenters. The summed E-state index contributed by atoms with van der Waals surface area (Å²) in [6.45, 7) is 4.98. The van der Waals surface area contributed by atoms with Crippen LogP contribution in [0.3, 0.4) is 0 Å². The number of hydrogen-bond acceptors (Lipinski definition) is 5. The van der Waals surface area contributed by atoms with Crippen molar-refractivity contribution in [3.63, 3.8) is 0 Å². The molecule has 118 valence electrons. The lowest BCUT2D eigenvalue weighted by molar-refractivity contribution is -0.141. The van der Waals surface area contributed by atoms with Gasteiger partial charge in [0.25, 0.3) is 5.56 Å². The number of aliphatic carboxylic acids is 1. The first-order valence-electron chi connectivity index (χ1n) is 6.90. The van der Waals surface area contributed by atoms with Gasteiger partial charge in [-0.05, 0) is 20.3 Å². The van der Waals surface area contributed by atoms with Gasteiger partial charge >= 0.3 is 5.97 Å². The zero-order valence-electron chi connectivity index (χ0n) is 13.0. The average molecular weight is 305 g/mol. The number of nitrogens with zero attached hydrogens (tertiary/aromatic N) is 2. The number of aryl methyl sites for hydroxylation is 1. The SMILES string of the molecule is CCc1cc(=O)n2cc(NC(C)(C)C(=O)O)cc(OC)c2n1. The maximum absolute atomic E-state index is 12.2. The quantitative estimate of drug-likeness (QED) is 0.870. The lowest BCUT2D eigenvalue weighted by Crippen LogP contribution is -2.40. The van der Waals surface area contributed by atoms with Crippen LogP contribution in [0.2, 0.25) is 0 Å². The minimum Gasteiger partial charge on any atom is -0.493 e. The van der Waals surface area contributed by atoms with Crippen molar-refractivity contribution in [1.82, 2.24) is 9.38 Å². The maximum Gasteiger partial charge on any atom is 0.328 e. The Balaban J connectivity index is 2.63. The van der Waals surface area contributed by atoms with Crippen LogP contribution in [-0.2, 0) is 11.2 Å². The fourth-order valence-electron chi connectivity index (χ4n) is 2.03. The number of carboxylic acids is 1. The van der Waals surface area contributed by atoms with Gasteiger partial charge in [-0.15, -0.1) is 0 Å². The van der Waals surface area contributed by atoms with Crippen molar-refractivity contribution in [3.8, 4) is 5.75 Å². The van der Waals surface area contributed by atoms with E-state index in [-0.39, 0.29) is 5.56 Å². The van der Waals surface area contributed by atoms with Crippen LogP contribution >= 0.6 is 0 Å². The normalized spacial score (nSPS) is 11.5. The van der Waals surface area contributed by atoms with Gasteiger partial charge in [-0.25, -0.2) is 9.78 Å². The first-order valence-corrected chi connectivity index (χ1v) is 6.90. The molecule has 2 N–H and O–H groups in total. The molecule has 0 amide bonds. The van der Waals surface area contributed by atoms with Gasteiger partial charge < -0.3 is 15.2 Å². The number of anilines is 1. The van der Waals surface area contributed by atoms with Gasteiger partial charge in [-0.2, -0.15) is 0 Å². The average Bonchev–Trinajstić information content (AvgIpc) is 2.46. The number of methoxy groups -OCH3 is 1. The highest BCUT2D eigenvalue weighted by atomic mass is 16.5. The third kappa shape index (κ3) is 2.88. The highest BCUT2D eigenvalue weighted by Crippen LogP contribution is 2.24. The monoisotopic (exact) mass is 305 g/mol. The van der Waals surface area contributed by atoms with E-state index in [1.807, 2.05) is 6.92 Å². The van der Waals surface area contributed by atoms with E-state index >= 15 is 0 Å². The van der Waals surface area contributed by atoms with Crippen molar-refractivity contribution in [3.05, 3.63) is 34.4 Å². The van der Waals surface area contributed by atoms with E-state index in [1.165, 1.54) is 37.6 Å². The second kappa shape index (κ2) is 5.67. The molecule has 7 nitrogen and oxygen atoms in total. The van der Waals surface area contributed by atoms with Gasteiger partial charge in [0.15, 0.2) is 11.4 Å². The Morgan fingerprint density at radius 2 is 2.14 bits per heavy atom. The van der Waals surface area contributed by atoms with Crippen LogP contribution in [0.5, 0.6) is 5.75 Å². The number of hydrogen-bond donors (Lipinski definition) is 2. The largest absolute Gasteiger partial charge is 0.493 e. The predicted octanol–water partition coefficient (Wildman–Crippen LogP) is 1.54. The summed E-state index contributed by atoms with van der Waals surface area (Å²) < 4.78 is 6.63. The zero-order chi connectivity index (χ0) is 16.5. The molecule has 2 aromatic heterocycles. The second-order valence-corrected chi connectivity index (χ2v) is 5.49. The van der Waals surface area contributed by atoms with Crippen molar-refractivity contribution >= 4 is 17.3 Å². The van der Waals surface area contributed by atoms with Gasteiger partial charge in [0.1, 0.15) is 5.54 Å². The summed E-state index contributed by atoms with van der Waals surface area (Å²) in [6, 6.07) is 3.09. The molecule has 0 aromatic carbocycles. The van der Waals surface area contributed by atoms with Crippen LogP contribution in [0, 0.1) is 0 Å². The molecule has 0 aliphatic carbocycles. The third-order valence-electron chi connectivity index (χ3n) is 3.35. The summed E-state index contributed by atoms with van der Waals surface area (Å²) in [5.74, 6) is -0.600. The fourth-order valence-corrected chi connectivity index (χ4v) is 2.03. The molecule has 2 heterocycles. The summed E-state index contributed by atoms with van der Waals surface area (Å²) in [5, 5.41) is 12.1. The molecule has 0 aliphatic heterocycles. The number of rotatable bonds is 5. The van der Waals surface area contributed by atoms with Crippen molar-refractivity contribution < 1.29 is 14.6 Å². The predicted molar refractivity (Wildman–Crippen MR) is 82.7 cm³/mol. The smallest absolute Gasteiger partial charge is 0.328 e. The van der Waals surface area contributed by atoms with Gasteiger partial charge in [-0.3, -0.25) is 9.20 Å². The molecule has 0 saturated carbocycles. The number of ether oxygens (including phenoxy) is 1. The first-order chi connectivity index (χ1) is 10.3. The van der Waals surface area contributed by atoms with Gasteiger partial charge in [0, 0.05) is 24.0 Å². The van der Waals surface area contributed by atoms with Crippen LogP contribution < -0.4 is 15.6 Å². The van der Waals surface area contributed by atoms with E-state index in [4.69, 9.17) is 4.74 Å². The first kappa shape index (κ1) is 15.8. The van der Waals surface area contributed by atoms with E-state index < -0.39 is 11.5 Å². The Kier molecular flexibility index (Phi) is 4.07. The minimum absolute atomic E-state index is 0.239. The number of fused-ring (bicyclic) bond motifs is 1. The molecule has 2 rings (SSSR count). The molecule has 0 saturated heterocycles. The Labute approximate surface area is 127 Å². The van der Waals surface area contributed by atoms with Crippen LogP contribution in [0.25, 0.3) is 5.65 Å². The van der Waals surface area contributed by atoms with Crippen LogP contribution in [-0.4, -0.2) is 33.1 Å². The summed E-state index contributed by atoms with van der Waals surface area (Å²) in [5.41, 5.74) is 0.126. The number of aromatic nitrogens is 2. The summed E-state index contributed by atoms with van der Waals surface area (Å²) >= 11 is 0. The molecule has 22 heavy (non-hydrogen) atoms. The summed E-state index contributed by atoms with van der Waals surface area (Å²) in [7, 11) is 1.48. The number of pyridine rings is 1. The molecule has 0 fully saturated rings. The zero-order valence-corrected chi connectivity index (χ0v) is 13.0. The number of carboxylic acid groups (broad SMARTS) is 1. The second-order valence-electron chi connectivity index (χ2n) is 5.49. The van der Waals surface area contributed by atoms with E-state index in [0.29, 0.717) is 29.2 Å². The highest BCUT2D eigenvalue weighted by molar-refractivity contribution is 5.82. The van der Waals surface area contributed by atoms with Crippen LogP contribution in [0.1, 0.15) is 26.5 Å². The van der Waals surface area contributed by atoms with Gasteiger partial charge in [0.05, 0.1) is 12.8 Å². The van der Waals surface area contributed by atoms with E-state index in [9.17, 15) is 14.7 Å². The Morgan fingerprint density at radius 1 is 1.45 bits per heavy atom. The summed E-state index contributed by atoms with van der Waals surface area (Å²) in [4.78, 5) is 27.8. The van der Waals surface area contributed by atoms with Crippen LogP contribution in [0.4, 0.5) is 5.69 Å². The standard InChI is InChI=1S/C15H19N3O4/c1-5-9-7-12(19)18-8-10(17-15(2,3)14(20)21)6-11(22-4)13(18)16-9/h6-8,17H,5H2,1-4H3,(H,20,21). The Morgan fingerprint density at radius 3 is 2.68 bits per heavy atom. The molecular formula is C15H19N3O4. The number of nitrogens with one attached hydrogen (secondary N) is 1. The molecule has 0 atom stereocenters. The van der Waals surface area contributed by atoms with Crippen molar-refractivity contribution in [1.29, 1.82) is 0 Å². The van der Waals surface area contributed by atoms with Gasteiger partial charge in [0.2, 0.25) is 0 Å². The summed E-state index contributed by atoms with van der Waals surface area (Å²) in [6.07, 6.45) is 2.16. The maximum atomic E-state index is 12.2. The molecule has 0 aliphatic rings.